The lowest BCUT2D eigenvalue weighted by atomic mass is 9.90. The first kappa shape index (κ1) is 15.1. The monoisotopic (exact) mass is 297 g/mol. The quantitative estimate of drug-likeness (QED) is 0.945. The molecular weight excluding hydrogens is 274 g/mol. The molecule has 1 N–H and O–H groups in total. The third-order valence-electron chi connectivity index (χ3n) is 4.64. The zero-order chi connectivity index (χ0) is 15.5. The maximum Gasteiger partial charge on any atom is 0.0853 e. The number of likely N-dealkylation sites (tertiary alicyclic amines) is 1. The van der Waals surface area contributed by atoms with E-state index in [1.807, 2.05) is 24.4 Å². The van der Waals surface area contributed by atoms with Crippen LogP contribution in [0.5, 0.6) is 0 Å². The molecule has 0 amide bonds. The fourth-order valence-corrected chi connectivity index (χ4v) is 3.43. The summed E-state index contributed by atoms with van der Waals surface area (Å²) in [5.74, 6) is 0. The summed E-state index contributed by atoms with van der Waals surface area (Å²) in [5.41, 5.74) is 4.21. The van der Waals surface area contributed by atoms with Gasteiger partial charge in [0.15, 0.2) is 0 Å². The number of aromatic nitrogens is 2. The number of pyridine rings is 2. The van der Waals surface area contributed by atoms with Gasteiger partial charge in [0.2, 0.25) is 0 Å². The fraction of sp³-hybridized carbons (Fsp3) is 0.444. The molecule has 0 bridgehead atoms. The van der Waals surface area contributed by atoms with Crippen LogP contribution in [-0.2, 0) is 6.61 Å². The Bertz CT molecular complexity index is 644. The van der Waals surface area contributed by atoms with E-state index in [2.05, 4.69) is 41.0 Å². The van der Waals surface area contributed by atoms with Crippen LogP contribution in [0.4, 0.5) is 0 Å². The Morgan fingerprint density at radius 1 is 1.18 bits per heavy atom. The first-order valence-electron chi connectivity index (χ1n) is 7.91. The van der Waals surface area contributed by atoms with Crippen LogP contribution in [0.1, 0.15) is 54.0 Å². The van der Waals surface area contributed by atoms with Gasteiger partial charge in [-0.1, -0.05) is 12.1 Å². The van der Waals surface area contributed by atoms with E-state index < -0.39 is 0 Å². The Morgan fingerprint density at radius 3 is 2.77 bits per heavy atom. The zero-order valence-corrected chi connectivity index (χ0v) is 13.2. The third kappa shape index (κ3) is 2.89. The van der Waals surface area contributed by atoms with Gasteiger partial charge in [0.1, 0.15) is 0 Å². The van der Waals surface area contributed by atoms with Crippen LogP contribution in [0.25, 0.3) is 0 Å². The first-order chi connectivity index (χ1) is 10.7. The second kappa shape index (κ2) is 6.55. The normalized spacial score (nSPS) is 22.7. The van der Waals surface area contributed by atoms with Crippen molar-refractivity contribution in [3.63, 3.8) is 0 Å². The van der Waals surface area contributed by atoms with Crippen molar-refractivity contribution in [1.29, 1.82) is 0 Å². The standard InChI is InChI=1S/C18H23N3O/c1-13-6-5-11-19-18(13)17-10-4-9-16(21(17)2)15-8-3-7-14(12-22)20-15/h3,5-8,11,16-17,22H,4,9-10,12H2,1-2H3. The molecule has 0 saturated carbocycles. The Kier molecular flexibility index (Phi) is 4.50. The molecule has 2 aromatic rings. The molecule has 1 aliphatic rings. The van der Waals surface area contributed by atoms with E-state index in [9.17, 15) is 5.11 Å². The van der Waals surface area contributed by atoms with Gasteiger partial charge in [-0.15, -0.1) is 0 Å². The van der Waals surface area contributed by atoms with Gasteiger partial charge in [-0.25, -0.2) is 0 Å². The molecule has 3 rings (SSSR count). The SMILES string of the molecule is Cc1cccnc1C1CCCC(c2cccc(CO)n2)N1C. The zero-order valence-electron chi connectivity index (χ0n) is 13.2. The topological polar surface area (TPSA) is 49.3 Å². The lowest BCUT2D eigenvalue weighted by Gasteiger charge is -2.39. The average Bonchev–Trinajstić information content (AvgIpc) is 2.56. The van der Waals surface area contributed by atoms with Crippen LogP contribution >= 0.6 is 0 Å². The molecule has 0 radical (unpaired) electrons. The predicted molar refractivity (Wildman–Crippen MR) is 86.2 cm³/mol. The van der Waals surface area contributed by atoms with E-state index in [1.165, 1.54) is 17.7 Å². The van der Waals surface area contributed by atoms with Gasteiger partial charge in [0, 0.05) is 6.20 Å². The summed E-state index contributed by atoms with van der Waals surface area (Å²) >= 11 is 0. The van der Waals surface area contributed by atoms with Gasteiger partial charge < -0.3 is 5.11 Å². The Balaban J connectivity index is 1.89. The smallest absolute Gasteiger partial charge is 0.0853 e. The summed E-state index contributed by atoms with van der Waals surface area (Å²) in [6, 6.07) is 10.7. The minimum Gasteiger partial charge on any atom is -0.390 e. The number of nitrogens with zero attached hydrogens (tertiary/aromatic N) is 3. The summed E-state index contributed by atoms with van der Waals surface area (Å²) in [6.45, 7) is 2.12. The lowest BCUT2D eigenvalue weighted by molar-refractivity contribution is 0.108. The Labute approximate surface area is 131 Å². The van der Waals surface area contributed by atoms with Gasteiger partial charge >= 0.3 is 0 Å². The van der Waals surface area contributed by atoms with Gasteiger partial charge in [-0.05, 0) is 57.0 Å². The maximum atomic E-state index is 9.31. The molecule has 4 heteroatoms. The molecule has 0 aliphatic carbocycles. The molecule has 1 fully saturated rings. The molecule has 1 saturated heterocycles. The number of hydrogen-bond acceptors (Lipinski definition) is 4. The van der Waals surface area contributed by atoms with Crippen LogP contribution in [0.15, 0.2) is 36.5 Å². The molecule has 22 heavy (non-hydrogen) atoms. The number of piperidine rings is 1. The number of hydrogen-bond donors (Lipinski definition) is 1. The van der Waals surface area contributed by atoms with Gasteiger partial charge in [-0.2, -0.15) is 0 Å². The van der Waals surface area contributed by atoms with Crippen molar-refractivity contribution in [3.8, 4) is 0 Å². The van der Waals surface area contributed by atoms with Gasteiger partial charge in [0.05, 0.1) is 35.8 Å². The number of rotatable bonds is 3. The number of aliphatic hydroxyl groups excluding tert-OH is 1. The van der Waals surface area contributed by atoms with Crippen molar-refractivity contribution in [2.45, 2.75) is 44.9 Å². The molecule has 116 valence electrons. The highest BCUT2D eigenvalue weighted by Gasteiger charge is 2.31. The fourth-order valence-electron chi connectivity index (χ4n) is 3.43. The summed E-state index contributed by atoms with van der Waals surface area (Å²) in [7, 11) is 2.16. The van der Waals surface area contributed by atoms with Gasteiger partial charge in [0.25, 0.3) is 0 Å². The van der Waals surface area contributed by atoms with Crippen molar-refractivity contribution in [2.24, 2.45) is 0 Å². The summed E-state index contributed by atoms with van der Waals surface area (Å²) < 4.78 is 0. The molecule has 4 nitrogen and oxygen atoms in total. The molecular formula is C18H23N3O. The van der Waals surface area contributed by atoms with E-state index in [0.717, 1.165) is 24.2 Å². The summed E-state index contributed by atoms with van der Waals surface area (Å²) in [5, 5.41) is 9.31. The number of aliphatic hydroxyl groups is 1. The molecule has 2 aromatic heterocycles. The van der Waals surface area contributed by atoms with E-state index in [-0.39, 0.29) is 12.6 Å². The molecule has 3 heterocycles. The van der Waals surface area contributed by atoms with Crippen LogP contribution in [0, 0.1) is 6.92 Å². The molecule has 0 aromatic carbocycles. The van der Waals surface area contributed by atoms with Crippen molar-refractivity contribution < 1.29 is 5.11 Å². The summed E-state index contributed by atoms with van der Waals surface area (Å²) in [4.78, 5) is 11.6. The van der Waals surface area contributed by atoms with Crippen LogP contribution in [-0.4, -0.2) is 27.0 Å². The average molecular weight is 297 g/mol. The second-order valence-corrected chi connectivity index (χ2v) is 6.05. The highest BCUT2D eigenvalue weighted by molar-refractivity contribution is 5.23. The molecule has 1 aliphatic heterocycles. The highest BCUT2D eigenvalue weighted by atomic mass is 16.3. The highest BCUT2D eigenvalue weighted by Crippen LogP contribution is 2.39. The van der Waals surface area contributed by atoms with Crippen LogP contribution in [0.3, 0.4) is 0 Å². The maximum absolute atomic E-state index is 9.31. The number of aryl methyl sites for hydroxylation is 1. The van der Waals surface area contributed by atoms with E-state index >= 15 is 0 Å². The van der Waals surface area contributed by atoms with Crippen molar-refractivity contribution in [2.75, 3.05) is 7.05 Å². The van der Waals surface area contributed by atoms with Gasteiger partial charge in [-0.3, -0.25) is 14.9 Å². The van der Waals surface area contributed by atoms with E-state index in [1.54, 1.807) is 0 Å². The van der Waals surface area contributed by atoms with Crippen LogP contribution < -0.4 is 0 Å². The van der Waals surface area contributed by atoms with Crippen molar-refractivity contribution in [3.05, 3.63) is 59.2 Å². The largest absolute Gasteiger partial charge is 0.390 e. The van der Waals surface area contributed by atoms with Crippen LogP contribution in [0.2, 0.25) is 0 Å². The molecule has 2 atom stereocenters. The first-order valence-corrected chi connectivity index (χ1v) is 7.91. The van der Waals surface area contributed by atoms with Crippen molar-refractivity contribution >= 4 is 0 Å². The van der Waals surface area contributed by atoms with E-state index in [0.29, 0.717) is 6.04 Å². The predicted octanol–water partition coefficient (Wildman–Crippen LogP) is 3.18. The Morgan fingerprint density at radius 2 is 2.00 bits per heavy atom. The molecule has 0 spiro atoms. The third-order valence-corrected chi connectivity index (χ3v) is 4.64. The minimum atomic E-state index is -0.00689. The summed E-state index contributed by atoms with van der Waals surface area (Å²) in [6.07, 6.45) is 5.27. The van der Waals surface area contributed by atoms with E-state index in [4.69, 9.17) is 0 Å². The minimum absolute atomic E-state index is 0.00689. The second-order valence-electron chi connectivity index (χ2n) is 6.05. The molecule has 2 unspecified atom stereocenters. The van der Waals surface area contributed by atoms with Crippen molar-refractivity contribution in [1.82, 2.24) is 14.9 Å². The lowest BCUT2D eigenvalue weighted by Crippen LogP contribution is -2.34. The Hall–Kier alpha value is -1.78.